The standard InChI is InChI=1S/C16H21NO4/c1-2-14-12(9-10-21-14)16(20)17-13-6-4-3-5-11(13)7-8-15(18)19/h3-6,12,14H,2,7-10H2,1H3,(H,17,20)(H,18,19). The highest BCUT2D eigenvalue weighted by Crippen LogP contribution is 2.26. The Morgan fingerprint density at radius 2 is 2.14 bits per heavy atom. The summed E-state index contributed by atoms with van der Waals surface area (Å²) in [7, 11) is 0. The van der Waals surface area contributed by atoms with Crippen LogP contribution in [-0.4, -0.2) is 29.7 Å². The molecule has 0 saturated carbocycles. The molecular weight excluding hydrogens is 270 g/mol. The molecule has 114 valence electrons. The number of anilines is 1. The molecule has 0 spiro atoms. The summed E-state index contributed by atoms with van der Waals surface area (Å²) < 4.78 is 5.54. The SMILES string of the molecule is CCC1OCCC1C(=O)Nc1ccccc1CCC(=O)O. The molecule has 5 heteroatoms. The van der Waals surface area contributed by atoms with Gasteiger partial charge in [0.15, 0.2) is 0 Å². The van der Waals surface area contributed by atoms with Crippen LogP contribution in [0.2, 0.25) is 0 Å². The largest absolute Gasteiger partial charge is 0.481 e. The maximum atomic E-state index is 12.4. The smallest absolute Gasteiger partial charge is 0.303 e. The van der Waals surface area contributed by atoms with Gasteiger partial charge in [0.05, 0.1) is 12.0 Å². The van der Waals surface area contributed by atoms with Gasteiger partial charge in [0.2, 0.25) is 5.91 Å². The molecule has 0 radical (unpaired) electrons. The van der Waals surface area contributed by atoms with Crippen LogP contribution in [0.3, 0.4) is 0 Å². The van der Waals surface area contributed by atoms with E-state index in [0.29, 0.717) is 18.7 Å². The average molecular weight is 291 g/mol. The molecule has 1 saturated heterocycles. The zero-order valence-electron chi connectivity index (χ0n) is 12.2. The minimum atomic E-state index is -0.841. The fourth-order valence-corrected chi connectivity index (χ4v) is 2.68. The van der Waals surface area contributed by atoms with Crippen LogP contribution in [0, 0.1) is 5.92 Å². The third-order valence-electron chi connectivity index (χ3n) is 3.83. The number of rotatable bonds is 6. The predicted octanol–water partition coefficient (Wildman–Crippen LogP) is 2.46. The Labute approximate surface area is 124 Å². The van der Waals surface area contributed by atoms with Gasteiger partial charge in [-0.25, -0.2) is 0 Å². The van der Waals surface area contributed by atoms with Crippen LogP contribution < -0.4 is 5.32 Å². The van der Waals surface area contributed by atoms with Gasteiger partial charge in [-0.15, -0.1) is 0 Å². The van der Waals surface area contributed by atoms with Gasteiger partial charge in [0.1, 0.15) is 0 Å². The second-order valence-corrected chi connectivity index (χ2v) is 5.25. The molecule has 0 aromatic heterocycles. The van der Waals surface area contributed by atoms with Gasteiger partial charge in [0, 0.05) is 18.7 Å². The number of para-hydroxylation sites is 1. The molecule has 0 bridgehead atoms. The highest BCUT2D eigenvalue weighted by Gasteiger charge is 2.32. The Morgan fingerprint density at radius 1 is 1.38 bits per heavy atom. The van der Waals surface area contributed by atoms with E-state index in [1.165, 1.54) is 0 Å². The first-order chi connectivity index (χ1) is 10.1. The van der Waals surface area contributed by atoms with E-state index in [0.717, 1.165) is 18.4 Å². The highest BCUT2D eigenvalue weighted by molar-refractivity contribution is 5.93. The molecule has 1 fully saturated rings. The van der Waals surface area contributed by atoms with Gasteiger partial charge in [-0.2, -0.15) is 0 Å². The Balaban J connectivity index is 2.05. The summed E-state index contributed by atoms with van der Waals surface area (Å²) in [5, 5.41) is 11.7. The Kier molecular flexibility index (Phi) is 5.33. The summed E-state index contributed by atoms with van der Waals surface area (Å²) in [4.78, 5) is 23.1. The van der Waals surface area contributed by atoms with E-state index in [1.54, 1.807) is 0 Å². The zero-order chi connectivity index (χ0) is 15.2. The zero-order valence-corrected chi connectivity index (χ0v) is 12.2. The van der Waals surface area contributed by atoms with E-state index < -0.39 is 5.97 Å². The van der Waals surface area contributed by atoms with Gasteiger partial charge in [-0.1, -0.05) is 25.1 Å². The van der Waals surface area contributed by atoms with Crippen LogP contribution in [0.1, 0.15) is 31.7 Å². The maximum absolute atomic E-state index is 12.4. The Bertz CT molecular complexity index is 515. The maximum Gasteiger partial charge on any atom is 0.303 e. The van der Waals surface area contributed by atoms with Crippen molar-refractivity contribution >= 4 is 17.6 Å². The number of amides is 1. The number of benzene rings is 1. The fraction of sp³-hybridized carbons (Fsp3) is 0.500. The normalized spacial score (nSPS) is 21.2. The van der Waals surface area contributed by atoms with Gasteiger partial charge in [-0.3, -0.25) is 9.59 Å². The number of carboxylic acids is 1. The van der Waals surface area contributed by atoms with Gasteiger partial charge < -0.3 is 15.2 Å². The Hall–Kier alpha value is -1.88. The van der Waals surface area contributed by atoms with E-state index in [2.05, 4.69) is 5.32 Å². The number of aryl methyl sites for hydroxylation is 1. The summed E-state index contributed by atoms with van der Waals surface area (Å²) in [6, 6.07) is 7.34. The third-order valence-corrected chi connectivity index (χ3v) is 3.83. The molecule has 2 rings (SSSR count). The average Bonchev–Trinajstić information content (AvgIpc) is 2.94. The van der Waals surface area contributed by atoms with Crippen molar-refractivity contribution in [1.82, 2.24) is 0 Å². The van der Waals surface area contributed by atoms with Crippen LogP contribution in [0.15, 0.2) is 24.3 Å². The Morgan fingerprint density at radius 3 is 2.86 bits per heavy atom. The van der Waals surface area contributed by atoms with Crippen molar-refractivity contribution in [2.75, 3.05) is 11.9 Å². The van der Waals surface area contributed by atoms with Gasteiger partial charge >= 0.3 is 5.97 Å². The number of nitrogens with one attached hydrogen (secondary N) is 1. The van der Waals surface area contributed by atoms with Crippen molar-refractivity contribution in [2.45, 2.75) is 38.7 Å². The molecular formula is C16H21NO4. The minimum absolute atomic E-state index is 0.0174. The van der Waals surface area contributed by atoms with Crippen molar-refractivity contribution in [1.29, 1.82) is 0 Å². The molecule has 1 heterocycles. The number of ether oxygens (including phenoxy) is 1. The molecule has 1 aliphatic heterocycles. The molecule has 5 nitrogen and oxygen atoms in total. The molecule has 1 aromatic rings. The lowest BCUT2D eigenvalue weighted by molar-refractivity contribution is -0.137. The summed E-state index contributed by atoms with van der Waals surface area (Å²) >= 11 is 0. The summed E-state index contributed by atoms with van der Waals surface area (Å²) in [5.74, 6) is -1.00. The number of hydrogen-bond acceptors (Lipinski definition) is 3. The first-order valence-corrected chi connectivity index (χ1v) is 7.34. The number of carboxylic acid groups (broad SMARTS) is 1. The molecule has 21 heavy (non-hydrogen) atoms. The van der Waals surface area contributed by atoms with Crippen molar-refractivity contribution in [3.05, 3.63) is 29.8 Å². The van der Waals surface area contributed by atoms with Crippen molar-refractivity contribution < 1.29 is 19.4 Å². The number of carbonyl (C=O) groups excluding carboxylic acids is 1. The van der Waals surface area contributed by atoms with E-state index in [1.807, 2.05) is 31.2 Å². The fourth-order valence-electron chi connectivity index (χ4n) is 2.68. The second kappa shape index (κ2) is 7.22. The number of aliphatic carboxylic acids is 1. The van der Waals surface area contributed by atoms with Crippen LogP contribution in [-0.2, 0) is 20.7 Å². The first-order valence-electron chi connectivity index (χ1n) is 7.34. The van der Waals surface area contributed by atoms with E-state index in [4.69, 9.17) is 9.84 Å². The van der Waals surface area contributed by atoms with E-state index >= 15 is 0 Å². The van der Waals surface area contributed by atoms with E-state index in [9.17, 15) is 9.59 Å². The quantitative estimate of drug-likeness (QED) is 0.844. The van der Waals surface area contributed by atoms with Crippen molar-refractivity contribution in [3.63, 3.8) is 0 Å². The molecule has 2 unspecified atom stereocenters. The molecule has 1 aliphatic rings. The highest BCUT2D eigenvalue weighted by atomic mass is 16.5. The molecule has 1 amide bonds. The lowest BCUT2D eigenvalue weighted by Gasteiger charge is -2.18. The van der Waals surface area contributed by atoms with Gasteiger partial charge in [-0.05, 0) is 30.9 Å². The van der Waals surface area contributed by atoms with Crippen LogP contribution in [0.25, 0.3) is 0 Å². The van der Waals surface area contributed by atoms with Crippen molar-refractivity contribution in [2.24, 2.45) is 5.92 Å². The second-order valence-electron chi connectivity index (χ2n) is 5.25. The van der Waals surface area contributed by atoms with E-state index in [-0.39, 0.29) is 24.3 Å². The first kappa shape index (κ1) is 15.5. The number of carbonyl (C=O) groups is 2. The molecule has 0 aliphatic carbocycles. The van der Waals surface area contributed by atoms with Crippen LogP contribution in [0.5, 0.6) is 0 Å². The predicted molar refractivity (Wildman–Crippen MR) is 79.2 cm³/mol. The molecule has 2 N–H and O–H groups in total. The summed E-state index contributed by atoms with van der Waals surface area (Å²) in [6.07, 6.45) is 2.00. The van der Waals surface area contributed by atoms with Crippen molar-refractivity contribution in [3.8, 4) is 0 Å². The minimum Gasteiger partial charge on any atom is -0.481 e. The van der Waals surface area contributed by atoms with Crippen LogP contribution >= 0.6 is 0 Å². The lowest BCUT2D eigenvalue weighted by Crippen LogP contribution is -2.29. The monoisotopic (exact) mass is 291 g/mol. The number of hydrogen-bond donors (Lipinski definition) is 2. The lowest BCUT2D eigenvalue weighted by atomic mass is 9.98. The summed E-state index contributed by atoms with van der Waals surface area (Å²) in [6.45, 7) is 2.63. The van der Waals surface area contributed by atoms with Crippen LogP contribution in [0.4, 0.5) is 5.69 Å². The molecule has 2 atom stereocenters. The third kappa shape index (κ3) is 4.04. The molecule has 1 aromatic carbocycles. The topological polar surface area (TPSA) is 75.6 Å². The van der Waals surface area contributed by atoms with Gasteiger partial charge in [0.25, 0.3) is 0 Å². The summed E-state index contributed by atoms with van der Waals surface area (Å²) in [5.41, 5.74) is 1.55.